The number of hydrogen-bond acceptors (Lipinski definition) is 5. The van der Waals surface area contributed by atoms with E-state index >= 15 is 0 Å². The first-order valence-electron chi connectivity index (χ1n) is 11.1. The van der Waals surface area contributed by atoms with Crippen molar-refractivity contribution in [2.75, 3.05) is 24.2 Å². The van der Waals surface area contributed by atoms with Crippen LogP contribution in [0.4, 0.5) is 10.1 Å². The number of hydrogen-bond donors (Lipinski definition) is 1. The highest BCUT2D eigenvalue weighted by molar-refractivity contribution is 7.99. The highest BCUT2D eigenvalue weighted by Gasteiger charge is 2.19. The standard InChI is InChI=1S/C24H28FN5OS/c1-2-18-8-4-5-9-21(18)26-23(31)17-32-24-28-27-22(16-29-14-6-3-7-15-29)30(24)20-12-10-19(25)11-13-20/h4-5,8-13H,2-3,6-7,14-17H2,1H3,(H,26,31). The van der Waals surface area contributed by atoms with Gasteiger partial charge in [-0.25, -0.2) is 4.39 Å². The molecule has 0 bridgehead atoms. The molecule has 1 aliphatic heterocycles. The number of likely N-dealkylation sites (tertiary alicyclic amines) is 1. The Morgan fingerprint density at radius 3 is 2.56 bits per heavy atom. The monoisotopic (exact) mass is 453 g/mol. The SMILES string of the molecule is CCc1ccccc1NC(=O)CSc1nnc(CN2CCCCC2)n1-c1ccc(F)cc1. The number of carbonyl (C=O) groups is 1. The van der Waals surface area contributed by atoms with E-state index in [1.54, 1.807) is 12.1 Å². The number of aromatic nitrogens is 3. The van der Waals surface area contributed by atoms with Crippen molar-refractivity contribution >= 4 is 23.4 Å². The van der Waals surface area contributed by atoms with Crippen molar-refractivity contribution in [2.45, 2.75) is 44.3 Å². The molecule has 0 radical (unpaired) electrons. The summed E-state index contributed by atoms with van der Waals surface area (Å²) in [7, 11) is 0. The highest BCUT2D eigenvalue weighted by Crippen LogP contribution is 2.24. The molecule has 4 rings (SSSR count). The van der Waals surface area contributed by atoms with Gasteiger partial charge in [-0.15, -0.1) is 10.2 Å². The van der Waals surface area contributed by atoms with Gasteiger partial charge >= 0.3 is 0 Å². The number of nitrogens with one attached hydrogen (secondary N) is 1. The predicted molar refractivity (Wildman–Crippen MR) is 126 cm³/mol. The molecule has 2 heterocycles. The molecule has 0 atom stereocenters. The Hall–Kier alpha value is -2.71. The van der Waals surface area contributed by atoms with Gasteiger partial charge in [0.05, 0.1) is 12.3 Å². The Bertz CT molecular complexity index is 1050. The molecule has 3 aromatic rings. The Morgan fingerprint density at radius 1 is 1.06 bits per heavy atom. The third kappa shape index (κ3) is 5.55. The molecule has 6 nitrogen and oxygen atoms in total. The summed E-state index contributed by atoms with van der Waals surface area (Å²) in [5.74, 6) is 0.628. The number of rotatable bonds is 8. The number of nitrogens with zero attached hydrogens (tertiary/aromatic N) is 4. The molecule has 0 unspecified atom stereocenters. The number of anilines is 1. The number of thioether (sulfide) groups is 1. The van der Waals surface area contributed by atoms with Crippen LogP contribution < -0.4 is 5.32 Å². The lowest BCUT2D eigenvalue weighted by Gasteiger charge is -2.26. The molecule has 1 saturated heterocycles. The molecule has 0 aliphatic carbocycles. The molecule has 8 heteroatoms. The maximum atomic E-state index is 13.5. The average molecular weight is 454 g/mol. The normalized spacial score (nSPS) is 14.4. The Labute approximate surface area is 192 Å². The summed E-state index contributed by atoms with van der Waals surface area (Å²) in [6.07, 6.45) is 4.48. The van der Waals surface area contributed by atoms with Gasteiger partial charge in [0.1, 0.15) is 5.82 Å². The molecular weight excluding hydrogens is 425 g/mol. The van der Waals surface area contributed by atoms with Crippen LogP contribution >= 0.6 is 11.8 Å². The lowest BCUT2D eigenvalue weighted by atomic mass is 10.1. The third-order valence-corrected chi connectivity index (χ3v) is 6.53. The summed E-state index contributed by atoms with van der Waals surface area (Å²) in [5, 5.41) is 12.4. The van der Waals surface area contributed by atoms with Crippen LogP contribution in [0.5, 0.6) is 0 Å². The van der Waals surface area contributed by atoms with Crippen molar-refractivity contribution in [1.29, 1.82) is 0 Å². The third-order valence-electron chi connectivity index (χ3n) is 5.60. The van der Waals surface area contributed by atoms with Gasteiger partial charge in [0.15, 0.2) is 11.0 Å². The molecule has 0 spiro atoms. The number of benzene rings is 2. The Kier molecular flexibility index (Phi) is 7.55. The van der Waals surface area contributed by atoms with Gasteiger partial charge in [-0.3, -0.25) is 14.3 Å². The van der Waals surface area contributed by atoms with Crippen LogP contribution in [0.3, 0.4) is 0 Å². The van der Waals surface area contributed by atoms with Crippen molar-refractivity contribution in [2.24, 2.45) is 0 Å². The number of halogens is 1. The van der Waals surface area contributed by atoms with Crippen LogP contribution in [0.1, 0.15) is 37.6 Å². The van der Waals surface area contributed by atoms with Crippen molar-refractivity contribution in [3.05, 3.63) is 65.7 Å². The van der Waals surface area contributed by atoms with Gasteiger partial charge in [0.25, 0.3) is 0 Å². The molecule has 1 aromatic heterocycles. The fourth-order valence-corrected chi connectivity index (χ4v) is 4.70. The molecule has 1 amide bonds. The number of aryl methyl sites for hydroxylation is 1. The van der Waals surface area contributed by atoms with E-state index in [4.69, 9.17) is 0 Å². The Morgan fingerprint density at radius 2 is 1.81 bits per heavy atom. The summed E-state index contributed by atoms with van der Waals surface area (Å²) in [6, 6.07) is 14.1. The molecule has 1 aliphatic rings. The molecular formula is C24H28FN5OS. The quantitative estimate of drug-likeness (QED) is 0.502. The lowest BCUT2D eigenvalue weighted by molar-refractivity contribution is -0.113. The van der Waals surface area contributed by atoms with Gasteiger partial charge in [0.2, 0.25) is 5.91 Å². The minimum Gasteiger partial charge on any atom is -0.325 e. The second-order valence-corrected chi connectivity index (χ2v) is 8.84. The maximum absolute atomic E-state index is 13.5. The van der Waals surface area contributed by atoms with Gasteiger partial charge in [0, 0.05) is 11.4 Å². The first-order valence-corrected chi connectivity index (χ1v) is 12.1. The van der Waals surface area contributed by atoms with E-state index < -0.39 is 0 Å². The zero-order valence-electron chi connectivity index (χ0n) is 18.3. The van der Waals surface area contributed by atoms with Crippen molar-refractivity contribution in [3.8, 4) is 5.69 Å². The highest BCUT2D eigenvalue weighted by atomic mass is 32.2. The van der Waals surface area contributed by atoms with E-state index in [0.29, 0.717) is 11.7 Å². The predicted octanol–water partition coefficient (Wildman–Crippen LogP) is 4.69. The van der Waals surface area contributed by atoms with Crippen LogP contribution in [-0.4, -0.2) is 44.4 Å². The zero-order valence-corrected chi connectivity index (χ0v) is 19.1. The summed E-state index contributed by atoms with van der Waals surface area (Å²) in [4.78, 5) is 15.0. The van der Waals surface area contributed by atoms with Crippen molar-refractivity contribution < 1.29 is 9.18 Å². The number of piperidine rings is 1. The van der Waals surface area contributed by atoms with Crippen molar-refractivity contribution in [3.63, 3.8) is 0 Å². The van der Waals surface area contributed by atoms with Gasteiger partial charge in [-0.05, 0) is 68.2 Å². The van der Waals surface area contributed by atoms with Crippen molar-refractivity contribution in [1.82, 2.24) is 19.7 Å². The molecule has 0 saturated carbocycles. The van der Waals surface area contributed by atoms with E-state index in [0.717, 1.165) is 42.3 Å². The smallest absolute Gasteiger partial charge is 0.234 e. The summed E-state index contributed by atoms with van der Waals surface area (Å²) in [5.41, 5.74) is 2.73. The van der Waals surface area contributed by atoms with E-state index in [1.807, 2.05) is 28.8 Å². The lowest BCUT2D eigenvalue weighted by Crippen LogP contribution is -2.30. The van der Waals surface area contributed by atoms with E-state index in [-0.39, 0.29) is 17.5 Å². The first-order chi connectivity index (χ1) is 15.6. The number of para-hydroxylation sites is 1. The topological polar surface area (TPSA) is 63.1 Å². The summed E-state index contributed by atoms with van der Waals surface area (Å²) >= 11 is 1.33. The Balaban J connectivity index is 1.51. The number of amides is 1. The maximum Gasteiger partial charge on any atom is 0.234 e. The molecule has 168 valence electrons. The van der Waals surface area contributed by atoms with Crippen LogP contribution in [0.2, 0.25) is 0 Å². The fraction of sp³-hybridized carbons (Fsp3) is 0.375. The van der Waals surface area contributed by atoms with Crippen LogP contribution in [0, 0.1) is 5.82 Å². The van der Waals surface area contributed by atoms with Gasteiger partial charge < -0.3 is 5.32 Å². The van der Waals surface area contributed by atoms with Crippen LogP contribution in [0.25, 0.3) is 5.69 Å². The van der Waals surface area contributed by atoms with Crippen LogP contribution in [0.15, 0.2) is 53.7 Å². The van der Waals surface area contributed by atoms with E-state index in [1.165, 1.54) is 43.2 Å². The first kappa shape index (κ1) is 22.5. The molecule has 1 fully saturated rings. The average Bonchev–Trinajstić information content (AvgIpc) is 3.21. The van der Waals surface area contributed by atoms with Crippen LogP contribution in [-0.2, 0) is 17.8 Å². The largest absolute Gasteiger partial charge is 0.325 e. The summed E-state index contributed by atoms with van der Waals surface area (Å²) < 4.78 is 15.5. The second kappa shape index (κ2) is 10.7. The minimum atomic E-state index is -0.289. The fourth-order valence-electron chi connectivity index (χ4n) is 3.93. The van der Waals surface area contributed by atoms with Gasteiger partial charge in [-0.2, -0.15) is 0 Å². The molecule has 2 aromatic carbocycles. The minimum absolute atomic E-state index is 0.0952. The second-order valence-electron chi connectivity index (χ2n) is 7.89. The van der Waals surface area contributed by atoms with E-state index in [2.05, 4.69) is 27.3 Å². The zero-order chi connectivity index (χ0) is 22.3. The molecule has 1 N–H and O–H groups in total. The molecule has 32 heavy (non-hydrogen) atoms. The number of carbonyl (C=O) groups excluding carboxylic acids is 1. The van der Waals surface area contributed by atoms with E-state index in [9.17, 15) is 9.18 Å². The summed E-state index contributed by atoms with van der Waals surface area (Å²) in [6.45, 7) is 4.83. The van der Waals surface area contributed by atoms with Gasteiger partial charge in [-0.1, -0.05) is 43.3 Å².